The highest BCUT2D eigenvalue weighted by Gasteiger charge is 2.00. The SMILES string of the molecule is Nc1ccc(C=CCCO)c2ccccc12. The predicted octanol–water partition coefficient (Wildman–Crippen LogP) is 2.82. The molecule has 2 heteroatoms. The van der Waals surface area contributed by atoms with E-state index >= 15 is 0 Å². The molecule has 2 rings (SSSR count). The first-order chi connectivity index (χ1) is 7.83. The molecule has 82 valence electrons. The normalized spacial score (nSPS) is 11.3. The Morgan fingerprint density at radius 1 is 1.06 bits per heavy atom. The molecule has 0 aliphatic rings. The topological polar surface area (TPSA) is 46.2 Å². The number of anilines is 1. The summed E-state index contributed by atoms with van der Waals surface area (Å²) in [5, 5.41) is 11.0. The minimum atomic E-state index is 0.184. The second-order valence-corrected chi connectivity index (χ2v) is 3.70. The van der Waals surface area contributed by atoms with Gasteiger partial charge < -0.3 is 10.8 Å². The summed E-state index contributed by atoms with van der Waals surface area (Å²) in [6.45, 7) is 0.184. The van der Waals surface area contributed by atoms with E-state index in [1.54, 1.807) is 0 Å². The van der Waals surface area contributed by atoms with E-state index in [1.165, 1.54) is 0 Å². The zero-order valence-corrected chi connectivity index (χ0v) is 9.06. The fraction of sp³-hybridized carbons (Fsp3) is 0.143. The van der Waals surface area contributed by atoms with Gasteiger partial charge in [-0.1, -0.05) is 42.5 Å². The van der Waals surface area contributed by atoms with Crippen molar-refractivity contribution in [1.82, 2.24) is 0 Å². The van der Waals surface area contributed by atoms with Gasteiger partial charge in [0, 0.05) is 17.7 Å². The number of aliphatic hydroxyl groups excluding tert-OH is 1. The molecule has 2 aromatic carbocycles. The fourth-order valence-electron chi connectivity index (χ4n) is 1.78. The lowest BCUT2D eigenvalue weighted by atomic mass is 10.0. The van der Waals surface area contributed by atoms with Crippen molar-refractivity contribution in [2.24, 2.45) is 0 Å². The monoisotopic (exact) mass is 213 g/mol. The number of hydrogen-bond donors (Lipinski definition) is 2. The third-order valence-electron chi connectivity index (χ3n) is 2.58. The molecular weight excluding hydrogens is 198 g/mol. The van der Waals surface area contributed by atoms with Crippen LogP contribution in [-0.4, -0.2) is 11.7 Å². The molecule has 2 nitrogen and oxygen atoms in total. The maximum atomic E-state index is 8.73. The van der Waals surface area contributed by atoms with E-state index in [0.717, 1.165) is 22.0 Å². The summed E-state index contributed by atoms with van der Waals surface area (Å²) in [4.78, 5) is 0. The molecular formula is C14H15NO. The van der Waals surface area contributed by atoms with Crippen LogP contribution in [0.1, 0.15) is 12.0 Å². The van der Waals surface area contributed by atoms with Gasteiger partial charge in [0.15, 0.2) is 0 Å². The van der Waals surface area contributed by atoms with Crippen LogP contribution in [-0.2, 0) is 0 Å². The first-order valence-electron chi connectivity index (χ1n) is 5.37. The van der Waals surface area contributed by atoms with E-state index in [9.17, 15) is 0 Å². The molecule has 0 heterocycles. The van der Waals surface area contributed by atoms with Crippen LogP contribution < -0.4 is 5.73 Å². The molecule has 0 saturated carbocycles. The molecule has 0 aliphatic carbocycles. The van der Waals surface area contributed by atoms with Gasteiger partial charge in [0.25, 0.3) is 0 Å². The highest BCUT2D eigenvalue weighted by atomic mass is 16.2. The van der Waals surface area contributed by atoms with E-state index in [0.29, 0.717) is 6.42 Å². The van der Waals surface area contributed by atoms with Crippen LogP contribution in [0.2, 0.25) is 0 Å². The lowest BCUT2D eigenvalue weighted by molar-refractivity contribution is 0.303. The number of aliphatic hydroxyl groups is 1. The zero-order valence-electron chi connectivity index (χ0n) is 9.06. The third-order valence-corrected chi connectivity index (χ3v) is 2.58. The zero-order chi connectivity index (χ0) is 11.4. The molecule has 0 aromatic heterocycles. The molecule has 2 aromatic rings. The summed E-state index contributed by atoms with van der Waals surface area (Å²) < 4.78 is 0. The molecule has 0 spiro atoms. The summed E-state index contributed by atoms with van der Waals surface area (Å²) >= 11 is 0. The van der Waals surface area contributed by atoms with Gasteiger partial charge in [0.1, 0.15) is 0 Å². The molecule has 0 unspecified atom stereocenters. The summed E-state index contributed by atoms with van der Waals surface area (Å²) in [6.07, 6.45) is 4.68. The Morgan fingerprint density at radius 3 is 2.56 bits per heavy atom. The van der Waals surface area contributed by atoms with Gasteiger partial charge in [-0.25, -0.2) is 0 Å². The van der Waals surface area contributed by atoms with E-state index in [2.05, 4.69) is 6.07 Å². The van der Waals surface area contributed by atoms with E-state index in [1.807, 2.05) is 42.5 Å². The molecule has 0 atom stereocenters. The Morgan fingerprint density at radius 2 is 1.81 bits per heavy atom. The van der Waals surface area contributed by atoms with Crippen LogP contribution in [0, 0.1) is 0 Å². The smallest absolute Gasteiger partial charge is 0.0465 e. The van der Waals surface area contributed by atoms with Gasteiger partial charge in [0.05, 0.1) is 0 Å². The maximum absolute atomic E-state index is 8.73. The second-order valence-electron chi connectivity index (χ2n) is 3.70. The number of nitrogen functional groups attached to an aromatic ring is 1. The number of fused-ring (bicyclic) bond motifs is 1. The van der Waals surface area contributed by atoms with Gasteiger partial charge in [0.2, 0.25) is 0 Å². The minimum Gasteiger partial charge on any atom is -0.398 e. The van der Waals surface area contributed by atoms with Crippen molar-refractivity contribution in [3.8, 4) is 0 Å². The second kappa shape index (κ2) is 4.81. The quantitative estimate of drug-likeness (QED) is 0.770. The Labute approximate surface area is 95.0 Å². The van der Waals surface area contributed by atoms with Gasteiger partial charge >= 0.3 is 0 Å². The van der Waals surface area contributed by atoms with Gasteiger partial charge in [-0.3, -0.25) is 0 Å². The highest BCUT2D eigenvalue weighted by molar-refractivity contribution is 5.98. The largest absolute Gasteiger partial charge is 0.398 e. The van der Waals surface area contributed by atoms with E-state index < -0.39 is 0 Å². The van der Waals surface area contributed by atoms with Crippen LogP contribution in [0.15, 0.2) is 42.5 Å². The number of hydrogen-bond acceptors (Lipinski definition) is 2. The predicted molar refractivity (Wildman–Crippen MR) is 69.1 cm³/mol. The molecule has 0 amide bonds. The summed E-state index contributed by atoms with van der Waals surface area (Å²) in [5.41, 5.74) is 7.85. The standard InChI is InChI=1S/C14H15NO/c15-14-9-8-11(5-3-4-10-16)12-6-1-2-7-13(12)14/h1-3,5-9,16H,4,10,15H2. The van der Waals surface area contributed by atoms with Crippen LogP contribution >= 0.6 is 0 Å². The lowest BCUT2D eigenvalue weighted by Gasteiger charge is -2.05. The van der Waals surface area contributed by atoms with Crippen LogP contribution in [0.5, 0.6) is 0 Å². The summed E-state index contributed by atoms with van der Waals surface area (Å²) in [7, 11) is 0. The molecule has 0 saturated heterocycles. The van der Waals surface area contributed by atoms with Crippen molar-refractivity contribution in [2.75, 3.05) is 12.3 Å². The lowest BCUT2D eigenvalue weighted by Crippen LogP contribution is -1.88. The third kappa shape index (κ3) is 2.07. The average molecular weight is 213 g/mol. The summed E-state index contributed by atoms with van der Waals surface area (Å²) in [5.74, 6) is 0. The molecule has 0 aliphatic heterocycles. The van der Waals surface area contributed by atoms with Crippen molar-refractivity contribution < 1.29 is 5.11 Å². The van der Waals surface area contributed by atoms with Crippen molar-refractivity contribution >= 4 is 22.5 Å². The minimum absolute atomic E-state index is 0.184. The van der Waals surface area contributed by atoms with Crippen molar-refractivity contribution in [3.63, 3.8) is 0 Å². The van der Waals surface area contributed by atoms with Gasteiger partial charge in [-0.05, 0) is 23.4 Å². The molecule has 16 heavy (non-hydrogen) atoms. The van der Waals surface area contributed by atoms with E-state index in [-0.39, 0.29) is 6.61 Å². The summed E-state index contributed by atoms with van der Waals surface area (Å²) in [6, 6.07) is 12.0. The Balaban J connectivity index is 2.50. The van der Waals surface area contributed by atoms with Crippen molar-refractivity contribution in [1.29, 1.82) is 0 Å². The maximum Gasteiger partial charge on any atom is 0.0465 e. The van der Waals surface area contributed by atoms with Crippen molar-refractivity contribution in [3.05, 3.63) is 48.0 Å². The molecule has 0 bridgehead atoms. The number of rotatable bonds is 3. The van der Waals surface area contributed by atoms with Crippen molar-refractivity contribution in [2.45, 2.75) is 6.42 Å². The molecule has 3 N–H and O–H groups in total. The first-order valence-corrected chi connectivity index (χ1v) is 5.37. The van der Waals surface area contributed by atoms with E-state index in [4.69, 9.17) is 10.8 Å². The van der Waals surface area contributed by atoms with Crippen LogP contribution in [0.4, 0.5) is 5.69 Å². The first kappa shape index (κ1) is 10.7. The van der Waals surface area contributed by atoms with Crippen LogP contribution in [0.3, 0.4) is 0 Å². The Hall–Kier alpha value is -1.80. The number of benzene rings is 2. The van der Waals surface area contributed by atoms with Gasteiger partial charge in [-0.15, -0.1) is 0 Å². The highest BCUT2D eigenvalue weighted by Crippen LogP contribution is 2.25. The molecule has 0 fully saturated rings. The fourth-order valence-corrected chi connectivity index (χ4v) is 1.78. The Kier molecular flexibility index (Phi) is 3.22. The molecule has 0 radical (unpaired) electrons. The Bertz CT molecular complexity index is 517. The average Bonchev–Trinajstić information content (AvgIpc) is 2.33. The van der Waals surface area contributed by atoms with Crippen LogP contribution in [0.25, 0.3) is 16.8 Å². The van der Waals surface area contributed by atoms with Gasteiger partial charge in [-0.2, -0.15) is 0 Å². The number of nitrogens with two attached hydrogens (primary N) is 1.